The molecule has 1 fully saturated rings. The number of nitrogens with one attached hydrogen (secondary N) is 1. The molecule has 7 heteroatoms. The first-order valence-corrected chi connectivity index (χ1v) is 7.99. The molecule has 3 rings (SSSR count). The number of ether oxygens (including phenoxy) is 1. The fourth-order valence-electron chi connectivity index (χ4n) is 2.78. The summed E-state index contributed by atoms with van der Waals surface area (Å²) in [5, 5.41) is 3.24. The Morgan fingerprint density at radius 2 is 1.88 bits per heavy atom. The Kier molecular flexibility index (Phi) is 4.64. The van der Waals surface area contributed by atoms with E-state index >= 15 is 0 Å². The van der Waals surface area contributed by atoms with E-state index in [1.807, 2.05) is 0 Å². The zero-order chi connectivity index (χ0) is 18.2. The quantitative estimate of drug-likeness (QED) is 0.813. The smallest absolute Gasteiger partial charge is 0.416 e. The van der Waals surface area contributed by atoms with Crippen LogP contribution in [-0.2, 0) is 11.0 Å². The van der Waals surface area contributed by atoms with Gasteiger partial charge in [0.05, 0.1) is 18.4 Å². The summed E-state index contributed by atoms with van der Waals surface area (Å²) < 4.78 is 43.0. The van der Waals surface area contributed by atoms with E-state index in [2.05, 4.69) is 5.32 Å². The van der Waals surface area contributed by atoms with Crippen molar-refractivity contribution in [2.24, 2.45) is 5.92 Å². The minimum absolute atomic E-state index is 0.0764. The van der Waals surface area contributed by atoms with Gasteiger partial charge >= 0.3 is 6.18 Å². The van der Waals surface area contributed by atoms with E-state index < -0.39 is 11.7 Å². The van der Waals surface area contributed by atoms with Gasteiger partial charge in [0.15, 0.2) is 0 Å². The number of amides is 1. The highest BCUT2D eigenvalue weighted by Crippen LogP contribution is 2.48. The average Bonchev–Trinajstić information content (AvgIpc) is 3.35. The molecule has 132 valence electrons. The van der Waals surface area contributed by atoms with E-state index in [4.69, 9.17) is 16.3 Å². The predicted molar refractivity (Wildman–Crippen MR) is 88.9 cm³/mol. The summed E-state index contributed by atoms with van der Waals surface area (Å²) in [6.45, 7) is 0. The minimum Gasteiger partial charge on any atom is -0.495 e. The van der Waals surface area contributed by atoms with Crippen molar-refractivity contribution in [3.05, 3.63) is 58.6 Å². The van der Waals surface area contributed by atoms with Crippen LogP contribution in [0.3, 0.4) is 0 Å². The first-order chi connectivity index (χ1) is 11.8. The van der Waals surface area contributed by atoms with E-state index in [0.29, 0.717) is 22.9 Å². The summed E-state index contributed by atoms with van der Waals surface area (Å²) in [7, 11) is 1.49. The standard InChI is InChI=1S/C18H15ClF3NO2/c1-25-16-7-6-12(19)8-15(16)23-17(24)14-9-13(14)10-2-4-11(5-3-10)18(20,21)22/h2-8,13-14H,9H2,1H3,(H,23,24). The van der Waals surface area contributed by atoms with Crippen molar-refractivity contribution in [1.29, 1.82) is 0 Å². The fourth-order valence-corrected chi connectivity index (χ4v) is 2.95. The molecule has 0 saturated heterocycles. The van der Waals surface area contributed by atoms with E-state index in [1.165, 1.54) is 19.2 Å². The zero-order valence-electron chi connectivity index (χ0n) is 13.2. The topological polar surface area (TPSA) is 38.3 Å². The van der Waals surface area contributed by atoms with Gasteiger partial charge in [-0.05, 0) is 48.2 Å². The summed E-state index contributed by atoms with van der Waals surface area (Å²) >= 11 is 5.93. The Morgan fingerprint density at radius 3 is 2.48 bits per heavy atom. The lowest BCUT2D eigenvalue weighted by molar-refractivity contribution is -0.137. The molecule has 1 saturated carbocycles. The summed E-state index contributed by atoms with van der Waals surface area (Å²) in [5.74, 6) is -0.0668. The van der Waals surface area contributed by atoms with Crippen LogP contribution in [0.15, 0.2) is 42.5 Å². The second-order valence-electron chi connectivity index (χ2n) is 5.90. The molecule has 0 heterocycles. The van der Waals surface area contributed by atoms with Crippen molar-refractivity contribution in [3.8, 4) is 5.75 Å². The van der Waals surface area contributed by atoms with Crippen molar-refractivity contribution in [3.63, 3.8) is 0 Å². The van der Waals surface area contributed by atoms with Gasteiger partial charge < -0.3 is 10.1 Å². The van der Waals surface area contributed by atoms with Crippen molar-refractivity contribution in [2.75, 3.05) is 12.4 Å². The van der Waals surface area contributed by atoms with Crippen LogP contribution in [0.1, 0.15) is 23.5 Å². The second kappa shape index (κ2) is 6.59. The van der Waals surface area contributed by atoms with Gasteiger partial charge in [-0.1, -0.05) is 23.7 Å². The number of carbonyl (C=O) groups excluding carboxylic acids is 1. The maximum atomic E-state index is 12.6. The lowest BCUT2D eigenvalue weighted by Gasteiger charge is -2.11. The normalized spacial score (nSPS) is 19.4. The Balaban J connectivity index is 1.67. The molecule has 3 nitrogen and oxygen atoms in total. The molecule has 2 atom stereocenters. The maximum absolute atomic E-state index is 12.6. The molecule has 0 spiro atoms. The molecule has 0 bridgehead atoms. The molecular formula is C18H15ClF3NO2. The highest BCUT2D eigenvalue weighted by Gasteiger charge is 2.44. The summed E-state index contributed by atoms with van der Waals surface area (Å²) in [5.41, 5.74) is 0.505. The predicted octanol–water partition coefficient (Wildman–Crippen LogP) is 5.11. The number of halogens is 4. The Morgan fingerprint density at radius 1 is 1.20 bits per heavy atom. The van der Waals surface area contributed by atoms with Crippen molar-refractivity contribution in [1.82, 2.24) is 0 Å². The lowest BCUT2D eigenvalue weighted by Crippen LogP contribution is -2.15. The zero-order valence-corrected chi connectivity index (χ0v) is 14.0. The average molecular weight is 370 g/mol. The molecule has 1 aliphatic rings. The van der Waals surface area contributed by atoms with Crippen LogP contribution in [0.4, 0.5) is 18.9 Å². The number of alkyl halides is 3. The summed E-state index contributed by atoms with van der Waals surface area (Å²) in [6.07, 6.45) is -3.76. The highest BCUT2D eigenvalue weighted by atomic mass is 35.5. The SMILES string of the molecule is COc1ccc(Cl)cc1NC(=O)C1CC1c1ccc(C(F)(F)F)cc1. The molecular weight excluding hydrogens is 355 g/mol. The van der Waals surface area contributed by atoms with E-state index in [-0.39, 0.29) is 17.7 Å². The van der Waals surface area contributed by atoms with E-state index in [0.717, 1.165) is 17.7 Å². The van der Waals surface area contributed by atoms with Gasteiger partial charge in [-0.2, -0.15) is 13.2 Å². The Bertz CT molecular complexity index is 790. The second-order valence-corrected chi connectivity index (χ2v) is 6.34. The van der Waals surface area contributed by atoms with Gasteiger partial charge in [-0.3, -0.25) is 4.79 Å². The van der Waals surface area contributed by atoms with Crippen molar-refractivity contribution in [2.45, 2.75) is 18.5 Å². The number of rotatable bonds is 4. The maximum Gasteiger partial charge on any atom is 0.416 e. The summed E-state index contributed by atoms with van der Waals surface area (Å²) in [6, 6.07) is 9.84. The monoisotopic (exact) mass is 369 g/mol. The van der Waals surface area contributed by atoms with Crippen LogP contribution in [-0.4, -0.2) is 13.0 Å². The van der Waals surface area contributed by atoms with Crippen LogP contribution in [0.5, 0.6) is 5.75 Å². The molecule has 25 heavy (non-hydrogen) atoms. The number of hydrogen-bond acceptors (Lipinski definition) is 2. The molecule has 2 aromatic rings. The van der Waals surface area contributed by atoms with Crippen LogP contribution >= 0.6 is 11.6 Å². The minimum atomic E-state index is -4.36. The van der Waals surface area contributed by atoms with Gasteiger partial charge in [0.1, 0.15) is 5.75 Å². The molecule has 2 aromatic carbocycles. The molecule has 1 aliphatic carbocycles. The third kappa shape index (κ3) is 3.90. The van der Waals surface area contributed by atoms with Crippen LogP contribution in [0.2, 0.25) is 5.02 Å². The highest BCUT2D eigenvalue weighted by molar-refractivity contribution is 6.31. The van der Waals surface area contributed by atoms with Gasteiger partial charge in [0.2, 0.25) is 5.91 Å². The van der Waals surface area contributed by atoms with Crippen LogP contribution < -0.4 is 10.1 Å². The number of methoxy groups -OCH3 is 1. The van der Waals surface area contributed by atoms with Gasteiger partial charge in [0, 0.05) is 10.9 Å². The molecule has 2 unspecified atom stereocenters. The van der Waals surface area contributed by atoms with E-state index in [9.17, 15) is 18.0 Å². The van der Waals surface area contributed by atoms with Gasteiger partial charge in [-0.15, -0.1) is 0 Å². The Labute approximate surface area is 147 Å². The molecule has 0 radical (unpaired) electrons. The molecule has 1 N–H and O–H groups in total. The van der Waals surface area contributed by atoms with Gasteiger partial charge in [0.25, 0.3) is 0 Å². The van der Waals surface area contributed by atoms with Crippen LogP contribution in [0, 0.1) is 5.92 Å². The summed E-state index contributed by atoms with van der Waals surface area (Å²) in [4.78, 5) is 12.4. The molecule has 0 aromatic heterocycles. The number of carbonyl (C=O) groups is 1. The molecule has 0 aliphatic heterocycles. The lowest BCUT2D eigenvalue weighted by atomic mass is 10.1. The largest absolute Gasteiger partial charge is 0.495 e. The number of anilines is 1. The number of benzene rings is 2. The van der Waals surface area contributed by atoms with Crippen molar-refractivity contribution >= 4 is 23.2 Å². The number of hydrogen-bond donors (Lipinski definition) is 1. The van der Waals surface area contributed by atoms with Crippen molar-refractivity contribution < 1.29 is 22.7 Å². The first kappa shape index (κ1) is 17.6. The van der Waals surface area contributed by atoms with Crippen LogP contribution in [0.25, 0.3) is 0 Å². The third-order valence-electron chi connectivity index (χ3n) is 4.21. The fraction of sp³-hybridized carbons (Fsp3) is 0.278. The van der Waals surface area contributed by atoms with E-state index in [1.54, 1.807) is 18.2 Å². The first-order valence-electron chi connectivity index (χ1n) is 7.61. The molecule has 1 amide bonds. The Hall–Kier alpha value is -2.21. The third-order valence-corrected chi connectivity index (χ3v) is 4.45. The van der Waals surface area contributed by atoms with Gasteiger partial charge in [-0.25, -0.2) is 0 Å².